The van der Waals surface area contributed by atoms with Crippen LogP contribution in [0.25, 0.3) is 22.0 Å². The molecule has 0 saturated carbocycles. The first-order chi connectivity index (χ1) is 11.1. The molecule has 0 unspecified atom stereocenters. The first kappa shape index (κ1) is 14.8. The van der Waals surface area contributed by atoms with Gasteiger partial charge < -0.3 is 15.0 Å². The first-order valence-electron chi connectivity index (χ1n) is 7.26. The smallest absolute Gasteiger partial charge is 0.322 e. The van der Waals surface area contributed by atoms with Crippen molar-refractivity contribution in [1.82, 2.24) is 9.88 Å². The Balaban J connectivity index is 1.87. The van der Waals surface area contributed by atoms with Crippen LogP contribution in [0.2, 0.25) is 0 Å². The fourth-order valence-electron chi connectivity index (χ4n) is 2.52. The van der Waals surface area contributed by atoms with Crippen LogP contribution in [0, 0.1) is 0 Å². The molecule has 0 aliphatic carbocycles. The van der Waals surface area contributed by atoms with Crippen LogP contribution in [0.4, 0.5) is 0 Å². The van der Waals surface area contributed by atoms with Crippen molar-refractivity contribution in [1.29, 1.82) is 0 Å². The molecule has 1 aromatic heterocycles. The van der Waals surface area contributed by atoms with Gasteiger partial charge in [-0.3, -0.25) is 9.59 Å². The minimum Gasteiger partial charge on any atom is -0.480 e. The van der Waals surface area contributed by atoms with Crippen molar-refractivity contribution in [2.45, 2.75) is 6.54 Å². The summed E-state index contributed by atoms with van der Waals surface area (Å²) in [5.41, 5.74) is 3.12. The maximum atomic E-state index is 11.8. The fraction of sp³-hybridized carbons (Fsp3) is 0.111. The summed E-state index contributed by atoms with van der Waals surface area (Å²) in [7, 11) is 0. The molecular weight excluding hydrogens is 292 g/mol. The van der Waals surface area contributed by atoms with Gasteiger partial charge in [0.15, 0.2) is 0 Å². The third kappa shape index (κ3) is 3.40. The van der Waals surface area contributed by atoms with E-state index in [1.807, 2.05) is 65.4 Å². The highest BCUT2D eigenvalue weighted by Gasteiger charge is 2.08. The Morgan fingerprint density at radius 3 is 2.52 bits per heavy atom. The molecular formula is C18H16N2O3. The SMILES string of the molecule is O=C(O)CNC(=O)Cn1ccc2ccc(-c3ccccc3)cc21. The summed E-state index contributed by atoms with van der Waals surface area (Å²) in [4.78, 5) is 22.3. The Morgan fingerprint density at radius 1 is 1.00 bits per heavy atom. The lowest BCUT2D eigenvalue weighted by atomic mass is 10.0. The number of nitrogens with zero attached hydrogens (tertiary/aromatic N) is 1. The van der Waals surface area contributed by atoms with Crippen molar-refractivity contribution in [3.05, 3.63) is 60.8 Å². The Bertz CT molecular complexity index is 853. The fourth-order valence-corrected chi connectivity index (χ4v) is 2.52. The van der Waals surface area contributed by atoms with Crippen LogP contribution in [-0.2, 0) is 16.1 Å². The van der Waals surface area contributed by atoms with Gasteiger partial charge in [-0.2, -0.15) is 0 Å². The average Bonchev–Trinajstić information content (AvgIpc) is 2.96. The second-order valence-electron chi connectivity index (χ2n) is 5.25. The van der Waals surface area contributed by atoms with Gasteiger partial charge in [0, 0.05) is 11.7 Å². The summed E-state index contributed by atoms with van der Waals surface area (Å²) in [5, 5.41) is 12.0. The number of carboxylic acids is 1. The largest absolute Gasteiger partial charge is 0.480 e. The van der Waals surface area contributed by atoms with E-state index in [2.05, 4.69) is 5.32 Å². The van der Waals surface area contributed by atoms with Crippen LogP contribution in [0.3, 0.4) is 0 Å². The van der Waals surface area contributed by atoms with Gasteiger partial charge >= 0.3 is 5.97 Å². The molecule has 0 saturated heterocycles. The molecule has 5 nitrogen and oxygen atoms in total. The zero-order chi connectivity index (χ0) is 16.2. The molecule has 2 aromatic carbocycles. The summed E-state index contributed by atoms with van der Waals surface area (Å²) in [6, 6.07) is 18.1. The summed E-state index contributed by atoms with van der Waals surface area (Å²) in [5.74, 6) is -1.38. The van der Waals surface area contributed by atoms with E-state index < -0.39 is 5.97 Å². The summed E-state index contributed by atoms with van der Waals surface area (Å²) >= 11 is 0. The van der Waals surface area contributed by atoms with Gasteiger partial charge in [-0.25, -0.2) is 0 Å². The number of hydrogen-bond acceptors (Lipinski definition) is 2. The molecule has 0 atom stereocenters. The maximum Gasteiger partial charge on any atom is 0.322 e. The van der Waals surface area contributed by atoms with E-state index in [1.165, 1.54) is 0 Å². The molecule has 0 bridgehead atoms. The van der Waals surface area contributed by atoms with Crippen molar-refractivity contribution in [2.75, 3.05) is 6.54 Å². The van der Waals surface area contributed by atoms with Crippen molar-refractivity contribution >= 4 is 22.8 Å². The highest BCUT2D eigenvalue weighted by Crippen LogP contribution is 2.25. The lowest BCUT2D eigenvalue weighted by Crippen LogP contribution is -2.31. The Kier molecular flexibility index (Phi) is 4.10. The van der Waals surface area contributed by atoms with E-state index in [0.29, 0.717) is 0 Å². The molecule has 0 radical (unpaired) electrons. The molecule has 0 aliphatic heterocycles. The number of carbonyl (C=O) groups is 2. The predicted octanol–water partition coefficient (Wildman–Crippen LogP) is 2.51. The highest BCUT2D eigenvalue weighted by molar-refractivity contribution is 5.87. The van der Waals surface area contributed by atoms with Crippen LogP contribution in [0.15, 0.2) is 60.8 Å². The second-order valence-corrected chi connectivity index (χ2v) is 5.25. The number of carbonyl (C=O) groups excluding carboxylic acids is 1. The summed E-state index contributed by atoms with van der Waals surface area (Å²) in [6.45, 7) is -0.275. The minimum atomic E-state index is -1.05. The van der Waals surface area contributed by atoms with Crippen molar-refractivity contribution in [2.24, 2.45) is 0 Å². The molecule has 3 rings (SSSR count). The van der Waals surface area contributed by atoms with Crippen molar-refractivity contribution < 1.29 is 14.7 Å². The van der Waals surface area contributed by atoms with E-state index in [4.69, 9.17) is 5.11 Å². The van der Waals surface area contributed by atoms with E-state index in [-0.39, 0.29) is 19.0 Å². The average molecular weight is 308 g/mol. The van der Waals surface area contributed by atoms with Crippen LogP contribution in [-0.4, -0.2) is 28.1 Å². The molecule has 116 valence electrons. The van der Waals surface area contributed by atoms with E-state index in [0.717, 1.165) is 22.0 Å². The molecule has 5 heteroatoms. The van der Waals surface area contributed by atoms with Gasteiger partial charge in [-0.15, -0.1) is 0 Å². The number of aliphatic carboxylic acids is 1. The number of fused-ring (bicyclic) bond motifs is 1. The third-order valence-electron chi connectivity index (χ3n) is 3.63. The normalized spacial score (nSPS) is 10.6. The number of aromatic nitrogens is 1. The van der Waals surface area contributed by atoms with Gasteiger partial charge in [0.2, 0.25) is 5.91 Å². The Hall–Kier alpha value is -3.08. The highest BCUT2D eigenvalue weighted by atomic mass is 16.4. The Labute approximate surface area is 133 Å². The second kappa shape index (κ2) is 6.36. The lowest BCUT2D eigenvalue weighted by Gasteiger charge is -2.07. The van der Waals surface area contributed by atoms with Gasteiger partial charge in [0.1, 0.15) is 13.1 Å². The molecule has 1 heterocycles. The van der Waals surface area contributed by atoms with Crippen LogP contribution in [0.5, 0.6) is 0 Å². The third-order valence-corrected chi connectivity index (χ3v) is 3.63. The van der Waals surface area contributed by atoms with Crippen molar-refractivity contribution in [3.63, 3.8) is 0 Å². The number of carboxylic acid groups (broad SMARTS) is 1. The molecule has 0 spiro atoms. The molecule has 1 amide bonds. The van der Waals surface area contributed by atoms with Gasteiger partial charge in [0.05, 0.1) is 0 Å². The van der Waals surface area contributed by atoms with Gasteiger partial charge in [-0.05, 0) is 28.6 Å². The molecule has 2 N–H and O–H groups in total. The van der Waals surface area contributed by atoms with Crippen molar-refractivity contribution in [3.8, 4) is 11.1 Å². The lowest BCUT2D eigenvalue weighted by molar-refractivity contribution is -0.138. The molecule has 23 heavy (non-hydrogen) atoms. The Morgan fingerprint density at radius 2 is 1.78 bits per heavy atom. The number of benzene rings is 2. The van der Waals surface area contributed by atoms with Gasteiger partial charge in [0.25, 0.3) is 0 Å². The number of rotatable bonds is 5. The zero-order valence-electron chi connectivity index (χ0n) is 12.4. The number of hydrogen-bond donors (Lipinski definition) is 2. The standard InChI is InChI=1S/C18H16N2O3/c21-17(19-11-18(22)23)12-20-9-8-14-6-7-15(10-16(14)20)13-4-2-1-3-5-13/h1-10H,11-12H2,(H,19,21)(H,22,23). The zero-order valence-corrected chi connectivity index (χ0v) is 12.4. The molecule has 0 fully saturated rings. The minimum absolute atomic E-state index is 0.0923. The molecule has 0 aliphatic rings. The monoisotopic (exact) mass is 308 g/mol. The van der Waals surface area contributed by atoms with Crippen LogP contribution in [0.1, 0.15) is 0 Å². The van der Waals surface area contributed by atoms with Crippen LogP contribution < -0.4 is 5.32 Å². The quantitative estimate of drug-likeness (QED) is 0.761. The summed E-state index contributed by atoms with van der Waals surface area (Å²) in [6.07, 6.45) is 1.83. The van der Waals surface area contributed by atoms with Crippen LogP contribution >= 0.6 is 0 Å². The van der Waals surface area contributed by atoms with Gasteiger partial charge in [-0.1, -0.05) is 42.5 Å². The van der Waals surface area contributed by atoms with E-state index in [9.17, 15) is 9.59 Å². The summed E-state index contributed by atoms with van der Waals surface area (Å²) < 4.78 is 1.82. The van der Waals surface area contributed by atoms with E-state index >= 15 is 0 Å². The molecule has 3 aromatic rings. The first-order valence-corrected chi connectivity index (χ1v) is 7.26. The maximum absolute atomic E-state index is 11.8. The topological polar surface area (TPSA) is 71.3 Å². The van der Waals surface area contributed by atoms with E-state index in [1.54, 1.807) is 0 Å². The predicted molar refractivity (Wildman–Crippen MR) is 88.0 cm³/mol. The number of nitrogens with one attached hydrogen (secondary N) is 1. The number of amides is 1.